The van der Waals surface area contributed by atoms with Crippen LogP contribution >= 0.6 is 11.8 Å². The summed E-state index contributed by atoms with van der Waals surface area (Å²) in [6, 6.07) is 15.4. The maximum absolute atomic E-state index is 12.7. The third-order valence-corrected chi connectivity index (χ3v) is 6.20. The van der Waals surface area contributed by atoms with Crippen LogP contribution in [-0.2, 0) is 16.1 Å². The first-order valence-electron chi connectivity index (χ1n) is 10.5. The molecule has 0 saturated heterocycles. The molecule has 0 radical (unpaired) electrons. The van der Waals surface area contributed by atoms with Gasteiger partial charge in [-0.2, -0.15) is 4.99 Å². The van der Waals surface area contributed by atoms with Crippen molar-refractivity contribution in [3.05, 3.63) is 65.2 Å². The van der Waals surface area contributed by atoms with Crippen LogP contribution in [0.5, 0.6) is 0 Å². The van der Waals surface area contributed by atoms with E-state index in [0.29, 0.717) is 29.9 Å². The molecular weight excluding hydrogens is 408 g/mol. The lowest BCUT2D eigenvalue weighted by Gasteiger charge is -2.31. The molecule has 0 bridgehead atoms. The Morgan fingerprint density at radius 1 is 1.13 bits per heavy atom. The highest BCUT2D eigenvalue weighted by Crippen LogP contribution is 2.35. The van der Waals surface area contributed by atoms with Gasteiger partial charge >= 0.3 is 0 Å². The zero-order chi connectivity index (χ0) is 22.0. The molecule has 2 heterocycles. The van der Waals surface area contributed by atoms with Crippen molar-refractivity contribution in [1.29, 1.82) is 0 Å². The van der Waals surface area contributed by atoms with Gasteiger partial charge in [-0.05, 0) is 37.0 Å². The Morgan fingerprint density at radius 3 is 2.61 bits per heavy atom. The number of nitrogens with zero attached hydrogens (tertiary/aromatic N) is 3. The van der Waals surface area contributed by atoms with Crippen LogP contribution in [0, 0.1) is 12.8 Å². The quantitative estimate of drug-likeness (QED) is 0.744. The lowest BCUT2D eigenvalue weighted by Crippen LogP contribution is -2.44. The van der Waals surface area contributed by atoms with Gasteiger partial charge in [0, 0.05) is 12.1 Å². The summed E-state index contributed by atoms with van der Waals surface area (Å²) in [4.78, 5) is 36.2. The summed E-state index contributed by atoms with van der Waals surface area (Å²) in [7, 11) is 0. The topological polar surface area (TPSA) is 74.1 Å². The number of hydrogen-bond donors (Lipinski definition) is 1. The van der Waals surface area contributed by atoms with Gasteiger partial charge in [0.2, 0.25) is 5.91 Å². The Bertz CT molecular complexity index is 1060. The van der Waals surface area contributed by atoms with Crippen LogP contribution in [0.4, 0.5) is 5.69 Å². The minimum Gasteiger partial charge on any atom is -0.351 e. The van der Waals surface area contributed by atoms with Crippen LogP contribution in [-0.4, -0.2) is 39.5 Å². The third kappa shape index (κ3) is 4.71. The maximum atomic E-state index is 12.7. The van der Waals surface area contributed by atoms with E-state index in [2.05, 4.69) is 24.2 Å². The predicted molar refractivity (Wildman–Crippen MR) is 126 cm³/mol. The number of carbonyl (C=O) groups is 2. The van der Waals surface area contributed by atoms with Crippen molar-refractivity contribution in [3.63, 3.8) is 0 Å². The van der Waals surface area contributed by atoms with Crippen molar-refractivity contribution >= 4 is 40.3 Å². The summed E-state index contributed by atoms with van der Waals surface area (Å²) < 4.78 is 0. The minimum atomic E-state index is -0.370. The number of amidine groups is 2. The molecule has 1 unspecified atom stereocenters. The van der Waals surface area contributed by atoms with Crippen molar-refractivity contribution in [3.8, 4) is 0 Å². The maximum Gasteiger partial charge on any atom is 0.270 e. The van der Waals surface area contributed by atoms with Gasteiger partial charge in [-0.3, -0.25) is 14.5 Å². The average Bonchev–Trinajstić information content (AvgIpc) is 3.07. The Kier molecular flexibility index (Phi) is 6.23. The molecule has 2 amide bonds. The Hall–Kier alpha value is -2.93. The van der Waals surface area contributed by atoms with E-state index in [1.807, 2.05) is 60.4 Å². The van der Waals surface area contributed by atoms with Crippen molar-refractivity contribution in [2.75, 3.05) is 5.75 Å². The van der Waals surface area contributed by atoms with Gasteiger partial charge in [0.15, 0.2) is 5.17 Å². The molecule has 0 saturated carbocycles. The molecule has 2 aromatic rings. The molecule has 2 aromatic carbocycles. The summed E-state index contributed by atoms with van der Waals surface area (Å²) in [5.74, 6) is 0.988. The highest BCUT2D eigenvalue weighted by atomic mass is 32.2. The zero-order valence-corrected chi connectivity index (χ0v) is 18.8. The highest BCUT2D eigenvalue weighted by Gasteiger charge is 2.41. The lowest BCUT2D eigenvalue weighted by atomic mass is 10.0. The van der Waals surface area contributed by atoms with Crippen LogP contribution < -0.4 is 5.32 Å². The number of carbonyl (C=O) groups excluding carboxylic acids is 2. The summed E-state index contributed by atoms with van der Waals surface area (Å²) in [6.07, 6.45) is 0.688. The third-order valence-electron chi connectivity index (χ3n) is 5.25. The van der Waals surface area contributed by atoms with Gasteiger partial charge in [-0.15, -0.1) is 0 Å². The van der Waals surface area contributed by atoms with E-state index in [0.717, 1.165) is 16.8 Å². The first-order valence-corrected chi connectivity index (χ1v) is 11.5. The van der Waals surface area contributed by atoms with E-state index in [-0.39, 0.29) is 23.6 Å². The van der Waals surface area contributed by atoms with Gasteiger partial charge in [-0.1, -0.05) is 67.6 Å². The van der Waals surface area contributed by atoms with Crippen molar-refractivity contribution in [2.45, 2.75) is 39.8 Å². The summed E-state index contributed by atoms with van der Waals surface area (Å²) >= 11 is 1.35. The lowest BCUT2D eigenvalue weighted by molar-refractivity contribution is -0.120. The van der Waals surface area contributed by atoms with Gasteiger partial charge in [0.05, 0.1) is 11.4 Å². The number of thioether (sulfide) groups is 1. The second-order valence-electron chi connectivity index (χ2n) is 8.25. The van der Waals surface area contributed by atoms with Crippen LogP contribution in [0.2, 0.25) is 0 Å². The second-order valence-corrected chi connectivity index (χ2v) is 9.19. The summed E-state index contributed by atoms with van der Waals surface area (Å²) in [5.41, 5.74) is 3.88. The number of aryl methyl sites for hydroxylation is 1. The van der Waals surface area contributed by atoms with Gasteiger partial charge in [-0.25, -0.2) is 4.99 Å². The van der Waals surface area contributed by atoms with E-state index >= 15 is 0 Å². The standard InChI is InChI=1S/C24H26N4O2S/c1-15(2)12-20-23(30)27-22-18-6-4-5-7-19(18)26-24(28(20)22)31-14-21(29)25-13-17-10-8-16(3)9-11-17/h4-11,15,20H,12-14H2,1-3H3,(H,25,29). The normalized spacial score (nSPS) is 17.2. The zero-order valence-electron chi connectivity index (χ0n) is 18.0. The summed E-state index contributed by atoms with van der Waals surface area (Å²) in [6.45, 7) is 6.70. The second kappa shape index (κ2) is 9.06. The number of amides is 2. The van der Waals surface area contributed by atoms with Gasteiger partial charge in [0.25, 0.3) is 5.91 Å². The molecule has 7 heteroatoms. The molecule has 0 fully saturated rings. The number of rotatable bonds is 6. The average molecular weight is 435 g/mol. The molecule has 160 valence electrons. The first kappa shape index (κ1) is 21.3. The molecule has 2 aliphatic rings. The van der Waals surface area contributed by atoms with Crippen LogP contribution in [0.25, 0.3) is 0 Å². The molecular formula is C24H26N4O2S. The molecule has 0 spiro atoms. The molecule has 2 aliphatic heterocycles. The minimum absolute atomic E-state index is 0.0726. The van der Waals surface area contributed by atoms with Crippen molar-refractivity contribution < 1.29 is 9.59 Å². The number of benzene rings is 2. The number of para-hydroxylation sites is 1. The van der Waals surface area contributed by atoms with Gasteiger partial charge < -0.3 is 5.32 Å². The fourth-order valence-electron chi connectivity index (χ4n) is 3.66. The molecule has 6 nitrogen and oxygen atoms in total. The monoisotopic (exact) mass is 434 g/mol. The van der Waals surface area contributed by atoms with E-state index < -0.39 is 0 Å². The SMILES string of the molecule is Cc1ccc(CNC(=O)CSC2=Nc3ccccc3C3=NC(=O)C(CC(C)C)N23)cc1. The number of hydrogen-bond acceptors (Lipinski definition) is 5. The van der Waals surface area contributed by atoms with E-state index in [1.54, 1.807) is 0 Å². The van der Waals surface area contributed by atoms with E-state index in [1.165, 1.54) is 17.3 Å². The molecule has 0 aliphatic carbocycles. The number of nitrogens with one attached hydrogen (secondary N) is 1. The molecule has 31 heavy (non-hydrogen) atoms. The number of aliphatic imine (C=N–C) groups is 2. The molecule has 0 aromatic heterocycles. The van der Waals surface area contributed by atoms with Crippen molar-refractivity contribution in [1.82, 2.24) is 10.2 Å². The molecule has 1 atom stereocenters. The smallest absolute Gasteiger partial charge is 0.270 e. The summed E-state index contributed by atoms with van der Waals surface area (Å²) in [5, 5.41) is 3.61. The molecule has 4 rings (SSSR count). The Labute approximate surface area is 186 Å². The Balaban J connectivity index is 1.48. The highest BCUT2D eigenvalue weighted by molar-refractivity contribution is 8.14. The van der Waals surface area contributed by atoms with E-state index in [4.69, 9.17) is 4.99 Å². The predicted octanol–water partition coefficient (Wildman–Crippen LogP) is 4.05. The van der Waals surface area contributed by atoms with E-state index in [9.17, 15) is 9.59 Å². The molecule has 1 N–H and O–H groups in total. The van der Waals surface area contributed by atoms with Crippen LogP contribution in [0.1, 0.15) is 37.0 Å². The van der Waals surface area contributed by atoms with Crippen LogP contribution in [0.3, 0.4) is 0 Å². The first-order chi connectivity index (χ1) is 14.9. The Morgan fingerprint density at radius 2 is 1.87 bits per heavy atom. The largest absolute Gasteiger partial charge is 0.351 e. The van der Waals surface area contributed by atoms with Crippen molar-refractivity contribution in [2.24, 2.45) is 15.9 Å². The van der Waals surface area contributed by atoms with Crippen LogP contribution in [0.15, 0.2) is 58.5 Å². The number of fused-ring (bicyclic) bond motifs is 3. The van der Waals surface area contributed by atoms with Gasteiger partial charge in [0.1, 0.15) is 11.9 Å². The fourth-order valence-corrected chi connectivity index (χ4v) is 4.54. The fraction of sp³-hybridized carbons (Fsp3) is 0.333.